The number of carbonyl (C=O) groups excluding carboxylic acids is 1. The van der Waals surface area contributed by atoms with E-state index in [0.717, 1.165) is 5.56 Å². The molecule has 5 nitrogen and oxygen atoms in total. The molecule has 1 amide bonds. The fraction of sp³-hybridized carbons (Fsp3) is 0.222. The lowest BCUT2D eigenvalue weighted by atomic mass is 10.2. The first-order chi connectivity index (χ1) is 6.65. The van der Waals surface area contributed by atoms with Crippen molar-refractivity contribution >= 4 is 12.2 Å². The average molecular weight is 192 g/mol. The number of nitrogens with zero attached hydrogens (tertiary/aromatic N) is 1. The number of amides is 1. The Balaban J connectivity index is 2.95. The Bertz CT molecular complexity index is 408. The smallest absolute Gasteiger partial charge is 0.207 e. The fourth-order valence-electron chi connectivity index (χ4n) is 1.11. The Kier molecular flexibility index (Phi) is 3.17. The highest BCUT2D eigenvalue weighted by atomic mass is 16.1. The summed E-state index contributed by atoms with van der Waals surface area (Å²) in [6.07, 6.45) is 2.26. The van der Waals surface area contributed by atoms with Crippen LogP contribution < -0.4 is 10.8 Å². The van der Waals surface area contributed by atoms with E-state index in [-0.39, 0.29) is 5.49 Å². The topological polar surface area (TPSA) is 81.7 Å². The first kappa shape index (κ1) is 10.2. The van der Waals surface area contributed by atoms with Gasteiger partial charge in [0.2, 0.25) is 6.41 Å². The Labute approximate surface area is 81.4 Å². The van der Waals surface area contributed by atoms with Gasteiger partial charge in [-0.2, -0.15) is 0 Å². The number of hydrogen-bond donors (Lipinski definition) is 3. The molecule has 0 saturated heterocycles. The van der Waals surface area contributed by atoms with Crippen LogP contribution in [0.4, 0.5) is 0 Å². The number of aromatic nitrogens is 1. The molecule has 1 aromatic heterocycles. The number of rotatable bonds is 3. The Morgan fingerprint density at radius 1 is 1.71 bits per heavy atom. The monoisotopic (exact) mass is 192 g/mol. The van der Waals surface area contributed by atoms with Crippen molar-refractivity contribution < 1.29 is 4.79 Å². The second-order valence-electron chi connectivity index (χ2n) is 2.87. The quantitative estimate of drug-likeness (QED) is 0.353. The van der Waals surface area contributed by atoms with Gasteiger partial charge in [0.05, 0.1) is 0 Å². The molecule has 0 saturated carbocycles. The van der Waals surface area contributed by atoms with Gasteiger partial charge in [-0.15, -0.1) is 0 Å². The predicted molar refractivity (Wildman–Crippen MR) is 52.0 cm³/mol. The minimum Gasteiger partial charge on any atom is -0.355 e. The van der Waals surface area contributed by atoms with E-state index in [0.29, 0.717) is 18.8 Å². The van der Waals surface area contributed by atoms with Crippen LogP contribution >= 0.6 is 0 Å². The van der Waals surface area contributed by atoms with Crippen molar-refractivity contribution in [1.29, 1.82) is 10.8 Å². The standard InChI is InChI=1S/C9H12N4O/c1-7(10)13-3-2-8(4-9(13)11)5-12-6-14/h2-4,6,10-11H,5H2,1H3,(H,12,14). The first-order valence-corrected chi connectivity index (χ1v) is 4.14. The van der Waals surface area contributed by atoms with E-state index in [1.165, 1.54) is 4.57 Å². The van der Waals surface area contributed by atoms with Gasteiger partial charge in [-0.25, -0.2) is 0 Å². The zero-order valence-corrected chi connectivity index (χ0v) is 7.87. The summed E-state index contributed by atoms with van der Waals surface area (Å²) in [4.78, 5) is 10.0. The van der Waals surface area contributed by atoms with Gasteiger partial charge >= 0.3 is 0 Å². The van der Waals surface area contributed by atoms with Crippen LogP contribution in [0.3, 0.4) is 0 Å². The van der Waals surface area contributed by atoms with Gasteiger partial charge in [0.25, 0.3) is 0 Å². The lowest BCUT2D eigenvalue weighted by Gasteiger charge is -2.05. The van der Waals surface area contributed by atoms with Crippen molar-refractivity contribution in [2.24, 2.45) is 0 Å². The molecule has 0 fully saturated rings. The van der Waals surface area contributed by atoms with Crippen molar-refractivity contribution in [3.05, 3.63) is 29.4 Å². The SMILES string of the molecule is CC(=N)n1ccc(CNC=O)cc1=N. The Morgan fingerprint density at radius 3 is 2.93 bits per heavy atom. The van der Waals surface area contributed by atoms with E-state index in [9.17, 15) is 4.79 Å². The lowest BCUT2D eigenvalue weighted by molar-refractivity contribution is -0.109. The molecule has 1 heterocycles. The minimum atomic E-state index is 0.239. The summed E-state index contributed by atoms with van der Waals surface area (Å²) in [5.74, 6) is 0.296. The third-order valence-corrected chi connectivity index (χ3v) is 1.77. The van der Waals surface area contributed by atoms with E-state index >= 15 is 0 Å². The van der Waals surface area contributed by atoms with Crippen LogP contribution in [0.5, 0.6) is 0 Å². The largest absolute Gasteiger partial charge is 0.355 e. The molecule has 0 aliphatic heterocycles. The molecule has 1 aromatic rings. The molecule has 0 unspecified atom stereocenters. The van der Waals surface area contributed by atoms with Gasteiger partial charge in [0.15, 0.2) is 0 Å². The van der Waals surface area contributed by atoms with Gasteiger partial charge in [0, 0.05) is 12.7 Å². The number of carbonyl (C=O) groups is 1. The van der Waals surface area contributed by atoms with Crippen molar-refractivity contribution in [3.63, 3.8) is 0 Å². The molecule has 0 radical (unpaired) electrons. The molecule has 5 heteroatoms. The van der Waals surface area contributed by atoms with Crippen molar-refractivity contribution in [2.45, 2.75) is 13.5 Å². The Hall–Kier alpha value is -1.91. The zero-order valence-electron chi connectivity index (χ0n) is 7.87. The second-order valence-corrected chi connectivity index (χ2v) is 2.87. The van der Waals surface area contributed by atoms with Gasteiger partial charge in [0.1, 0.15) is 11.3 Å². The van der Waals surface area contributed by atoms with Crippen molar-refractivity contribution in [2.75, 3.05) is 0 Å². The van der Waals surface area contributed by atoms with Crippen LogP contribution in [0.2, 0.25) is 0 Å². The summed E-state index contributed by atoms with van der Waals surface area (Å²) in [6, 6.07) is 3.39. The Morgan fingerprint density at radius 2 is 2.43 bits per heavy atom. The molecule has 0 atom stereocenters. The maximum absolute atomic E-state index is 10.0. The molecule has 14 heavy (non-hydrogen) atoms. The summed E-state index contributed by atoms with van der Waals surface area (Å²) >= 11 is 0. The molecule has 0 aliphatic rings. The van der Waals surface area contributed by atoms with Gasteiger partial charge in [-0.05, 0) is 24.6 Å². The normalized spacial score (nSPS) is 9.50. The lowest BCUT2D eigenvalue weighted by Crippen LogP contribution is -2.24. The predicted octanol–water partition coefficient (Wildman–Crippen LogP) is 0.0588. The molecule has 0 aromatic carbocycles. The summed E-state index contributed by atoms with van der Waals surface area (Å²) in [6.45, 7) is 2.02. The molecule has 3 N–H and O–H groups in total. The number of hydrogen-bond acceptors (Lipinski definition) is 3. The highest BCUT2D eigenvalue weighted by Crippen LogP contribution is 1.93. The minimum absolute atomic E-state index is 0.239. The average Bonchev–Trinajstić information content (AvgIpc) is 2.14. The van der Waals surface area contributed by atoms with E-state index in [1.54, 1.807) is 25.3 Å². The molecule has 1 rings (SSSR count). The van der Waals surface area contributed by atoms with E-state index in [2.05, 4.69) is 5.32 Å². The molecule has 74 valence electrons. The van der Waals surface area contributed by atoms with E-state index < -0.39 is 0 Å². The number of pyridine rings is 1. The maximum atomic E-state index is 10.0. The summed E-state index contributed by atoms with van der Waals surface area (Å²) < 4.78 is 1.45. The highest BCUT2D eigenvalue weighted by molar-refractivity contribution is 5.78. The summed E-state index contributed by atoms with van der Waals surface area (Å²) in [5.41, 5.74) is 1.09. The van der Waals surface area contributed by atoms with Gasteiger partial charge in [-0.1, -0.05) is 0 Å². The first-order valence-electron chi connectivity index (χ1n) is 4.14. The van der Waals surface area contributed by atoms with E-state index in [4.69, 9.17) is 10.8 Å². The summed E-state index contributed by atoms with van der Waals surface area (Å²) in [7, 11) is 0. The fourth-order valence-corrected chi connectivity index (χ4v) is 1.11. The van der Waals surface area contributed by atoms with Gasteiger partial charge in [-0.3, -0.25) is 20.2 Å². The maximum Gasteiger partial charge on any atom is 0.207 e. The summed E-state index contributed by atoms with van der Waals surface area (Å²) in [5, 5.41) is 17.5. The third-order valence-electron chi connectivity index (χ3n) is 1.77. The second kappa shape index (κ2) is 4.36. The van der Waals surface area contributed by atoms with Crippen LogP contribution in [-0.2, 0) is 11.3 Å². The van der Waals surface area contributed by atoms with E-state index in [1.807, 2.05) is 0 Å². The van der Waals surface area contributed by atoms with Crippen LogP contribution in [-0.4, -0.2) is 16.8 Å². The molecular formula is C9H12N4O. The van der Waals surface area contributed by atoms with Crippen LogP contribution in [0.1, 0.15) is 12.5 Å². The molecular weight excluding hydrogens is 180 g/mol. The van der Waals surface area contributed by atoms with Crippen molar-refractivity contribution in [1.82, 2.24) is 9.88 Å². The van der Waals surface area contributed by atoms with Crippen LogP contribution in [0.25, 0.3) is 0 Å². The highest BCUT2D eigenvalue weighted by Gasteiger charge is 1.96. The van der Waals surface area contributed by atoms with Gasteiger partial charge < -0.3 is 5.32 Å². The number of nitrogens with one attached hydrogen (secondary N) is 3. The van der Waals surface area contributed by atoms with Crippen LogP contribution in [0, 0.1) is 10.8 Å². The van der Waals surface area contributed by atoms with Crippen molar-refractivity contribution in [3.8, 4) is 0 Å². The van der Waals surface area contributed by atoms with Crippen LogP contribution in [0.15, 0.2) is 18.3 Å². The molecule has 0 aliphatic carbocycles. The molecule has 0 bridgehead atoms. The third kappa shape index (κ3) is 2.29. The molecule has 0 spiro atoms. The zero-order chi connectivity index (χ0) is 10.6.